The molecule has 1 aliphatic carbocycles. The average Bonchev–Trinajstić information content (AvgIpc) is 4.02. The first-order valence-electron chi connectivity index (χ1n) is 26.9. The fraction of sp³-hybridized carbons (Fsp3) is 0.135. The Morgan fingerprint density at radius 3 is 1.64 bits per heavy atom. The second-order valence-electron chi connectivity index (χ2n) is 23.1. The highest BCUT2D eigenvalue weighted by Crippen LogP contribution is 2.54. The molecule has 0 amide bonds. The topological polar surface area (TPSA) is 8.17 Å². The molecule has 0 saturated heterocycles. The smallest absolute Gasteiger partial charge is 0.0562 e. The maximum absolute atomic E-state index is 2.52. The van der Waals surface area contributed by atoms with Gasteiger partial charge in [0.15, 0.2) is 0 Å². The molecule has 11 aromatic carbocycles. The molecule has 0 bridgehead atoms. The molecule has 0 fully saturated rings. The molecule has 368 valence electrons. The van der Waals surface area contributed by atoms with E-state index in [-0.39, 0.29) is 16.2 Å². The Labute approximate surface area is 448 Å². The van der Waals surface area contributed by atoms with Gasteiger partial charge < -0.3 is 9.47 Å². The van der Waals surface area contributed by atoms with Crippen molar-refractivity contribution in [3.8, 4) is 50.2 Å². The number of aromatic nitrogens is 1. The van der Waals surface area contributed by atoms with Gasteiger partial charge in [-0.15, -0.1) is 0 Å². The molecule has 1 aliphatic rings. The van der Waals surface area contributed by atoms with Crippen LogP contribution in [0.1, 0.15) is 76.3 Å². The van der Waals surface area contributed by atoms with Gasteiger partial charge in [0.25, 0.3) is 0 Å². The van der Waals surface area contributed by atoms with Gasteiger partial charge in [0.05, 0.1) is 22.4 Å². The molecule has 0 aliphatic heterocycles. The van der Waals surface area contributed by atoms with Crippen molar-refractivity contribution >= 4 is 49.6 Å². The molecule has 0 radical (unpaired) electrons. The SMILES string of the molecule is CC(C)(C)c1cc(-c2cccc3cccc(-c4ccccc4N(c4ccc(-c5ccc6c(c5)C(C)(c5ccccc5)c5ccccc5-6)cc4)c4cccc5c4c4ccccc4n5-c4ccccc4)c23)cc(C(C)(C)C)c1. The molecule has 2 nitrogen and oxygen atoms in total. The molecule has 76 heavy (non-hydrogen) atoms. The Morgan fingerprint density at radius 1 is 0.368 bits per heavy atom. The zero-order chi connectivity index (χ0) is 51.9. The van der Waals surface area contributed by atoms with Crippen molar-refractivity contribution in [3.05, 3.63) is 277 Å². The molecule has 0 N–H and O–H groups in total. The summed E-state index contributed by atoms with van der Waals surface area (Å²) < 4.78 is 2.42. The maximum atomic E-state index is 2.52. The zero-order valence-corrected chi connectivity index (χ0v) is 44.6. The summed E-state index contributed by atoms with van der Waals surface area (Å²) in [6, 6.07) is 92.9. The number of benzene rings is 11. The molecule has 1 unspecified atom stereocenters. The van der Waals surface area contributed by atoms with Gasteiger partial charge in [0.1, 0.15) is 0 Å². The third-order valence-electron chi connectivity index (χ3n) is 16.4. The standard InChI is InChI=1S/C74H62N2/c1-72(2,3)54-45-52(46-55(48-54)73(4,5)6)58-32-20-23-50-24-21-33-62(70(50)58)61-30-15-18-35-66(61)76(69-38-22-37-68-71(69)63-31-16-19-36-67(63)75(68)56-27-12-9-13-28-56)57-42-39-49(40-43-57)51-41-44-60-59-29-14-17-34-64(59)74(7,65(60)47-51)53-25-10-8-11-26-53/h8-48H,1-7H3. The van der Waals surface area contributed by atoms with E-state index in [1.165, 1.54) is 93.8 Å². The monoisotopic (exact) mass is 978 g/mol. The van der Waals surface area contributed by atoms with Gasteiger partial charge >= 0.3 is 0 Å². The van der Waals surface area contributed by atoms with E-state index in [2.05, 4.69) is 307 Å². The Kier molecular flexibility index (Phi) is 11.1. The lowest BCUT2D eigenvalue weighted by Gasteiger charge is -2.30. The molecular formula is C74H62N2. The van der Waals surface area contributed by atoms with Crippen molar-refractivity contribution in [2.24, 2.45) is 0 Å². The third-order valence-corrected chi connectivity index (χ3v) is 16.4. The van der Waals surface area contributed by atoms with Crippen LogP contribution in [0.3, 0.4) is 0 Å². The molecule has 1 atom stereocenters. The number of para-hydroxylation sites is 3. The van der Waals surface area contributed by atoms with Crippen LogP contribution in [0.5, 0.6) is 0 Å². The van der Waals surface area contributed by atoms with Gasteiger partial charge in [-0.2, -0.15) is 0 Å². The first kappa shape index (κ1) is 47.0. The van der Waals surface area contributed by atoms with Crippen LogP contribution < -0.4 is 4.90 Å². The molecule has 1 heterocycles. The minimum Gasteiger partial charge on any atom is -0.309 e. The van der Waals surface area contributed by atoms with Crippen molar-refractivity contribution < 1.29 is 0 Å². The van der Waals surface area contributed by atoms with E-state index in [1.807, 2.05) is 0 Å². The molecule has 13 rings (SSSR count). The number of hydrogen-bond acceptors (Lipinski definition) is 1. The zero-order valence-electron chi connectivity index (χ0n) is 44.6. The highest BCUT2D eigenvalue weighted by molar-refractivity contribution is 6.17. The van der Waals surface area contributed by atoms with Crippen molar-refractivity contribution in [3.63, 3.8) is 0 Å². The van der Waals surface area contributed by atoms with Gasteiger partial charge in [-0.25, -0.2) is 0 Å². The van der Waals surface area contributed by atoms with Crippen LogP contribution in [0.4, 0.5) is 17.1 Å². The second kappa shape index (κ2) is 18.0. The lowest BCUT2D eigenvalue weighted by atomic mass is 9.74. The quantitative estimate of drug-likeness (QED) is 0.147. The highest BCUT2D eigenvalue weighted by atomic mass is 15.2. The van der Waals surface area contributed by atoms with E-state index in [0.717, 1.165) is 33.8 Å². The predicted molar refractivity (Wildman–Crippen MR) is 324 cm³/mol. The summed E-state index contributed by atoms with van der Waals surface area (Å²) in [5.41, 5.74) is 23.0. The minimum absolute atomic E-state index is 0.0220. The summed E-state index contributed by atoms with van der Waals surface area (Å²) in [4.78, 5) is 2.52. The normalized spacial score (nSPS) is 14.3. The van der Waals surface area contributed by atoms with Crippen LogP contribution >= 0.6 is 0 Å². The average molecular weight is 979 g/mol. The number of rotatable bonds is 8. The lowest BCUT2D eigenvalue weighted by Crippen LogP contribution is -2.22. The van der Waals surface area contributed by atoms with Gasteiger partial charge in [-0.05, 0) is 150 Å². The maximum Gasteiger partial charge on any atom is 0.0562 e. The van der Waals surface area contributed by atoms with Crippen LogP contribution in [0, 0.1) is 0 Å². The highest BCUT2D eigenvalue weighted by Gasteiger charge is 2.41. The van der Waals surface area contributed by atoms with Gasteiger partial charge in [0.2, 0.25) is 0 Å². The van der Waals surface area contributed by atoms with Crippen LogP contribution in [0.25, 0.3) is 82.8 Å². The Morgan fingerprint density at radius 2 is 0.921 bits per heavy atom. The summed E-state index contributed by atoms with van der Waals surface area (Å²) in [5.74, 6) is 0. The van der Waals surface area contributed by atoms with Gasteiger partial charge in [-0.3, -0.25) is 0 Å². The molecule has 2 heteroatoms. The van der Waals surface area contributed by atoms with Crippen LogP contribution in [-0.2, 0) is 16.2 Å². The fourth-order valence-corrected chi connectivity index (χ4v) is 12.4. The molecule has 0 saturated carbocycles. The van der Waals surface area contributed by atoms with Gasteiger partial charge in [-0.1, -0.05) is 236 Å². The summed E-state index contributed by atoms with van der Waals surface area (Å²) in [7, 11) is 0. The van der Waals surface area contributed by atoms with Crippen LogP contribution in [-0.4, -0.2) is 4.57 Å². The predicted octanol–water partition coefficient (Wildman–Crippen LogP) is 20.3. The van der Waals surface area contributed by atoms with E-state index in [4.69, 9.17) is 0 Å². The summed E-state index contributed by atoms with van der Waals surface area (Å²) in [6.45, 7) is 16.4. The van der Waals surface area contributed by atoms with E-state index < -0.39 is 0 Å². The first-order valence-corrected chi connectivity index (χ1v) is 26.9. The first-order chi connectivity index (χ1) is 36.9. The number of nitrogens with zero attached hydrogens (tertiary/aromatic N) is 2. The van der Waals surface area contributed by atoms with E-state index >= 15 is 0 Å². The Bertz CT molecular complexity index is 4150. The Hall–Kier alpha value is -8.72. The van der Waals surface area contributed by atoms with Crippen molar-refractivity contribution in [2.75, 3.05) is 4.90 Å². The Balaban J connectivity index is 1.03. The second-order valence-corrected chi connectivity index (χ2v) is 23.1. The van der Waals surface area contributed by atoms with E-state index in [9.17, 15) is 0 Å². The summed E-state index contributed by atoms with van der Waals surface area (Å²) in [5, 5.41) is 4.87. The van der Waals surface area contributed by atoms with Crippen LogP contribution in [0.15, 0.2) is 249 Å². The van der Waals surface area contributed by atoms with E-state index in [0.29, 0.717) is 0 Å². The van der Waals surface area contributed by atoms with Crippen molar-refractivity contribution in [1.82, 2.24) is 4.57 Å². The number of fused-ring (bicyclic) bond motifs is 7. The van der Waals surface area contributed by atoms with E-state index in [1.54, 1.807) is 0 Å². The lowest BCUT2D eigenvalue weighted by molar-refractivity contribution is 0.569. The summed E-state index contributed by atoms with van der Waals surface area (Å²) in [6.07, 6.45) is 0. The minimum atomic E-state index is -0.285. The molecule has 0 spiro atoms. The van der Waals surface area contributed by atoms with Crippen LogP contribution in [0.2, 0.25) is 0 Å². The molecular weight excluding hydrogens is 917 g/mol. The van der Waals surface area contributed by atoms with Crippen molar-refractivity contribution in [2.45, 2.75) is 64.7 Å². The number of anilines is 3. The number of hydrogen-bond donors (Lipinski definition) is 0. The largest absolute Gasteiger partial charge is 0.309 e. The third kappa shape index (κ3) is 7.69. The molecule has 1 aromatic heterocycles. The van der Waals surface area contributed by atoms with Gasteiger partial charge in [0, 0.05) is 33.1 Å². The fourth-order valence-electron chi connectivity index (χ4n) is 12.4. The summed E-state index contributed by atoms with van der Waals surface area (Å²) >= 11 is 0. The van der Waals surface area contributed by atoms with Crippen molar-refractivity contribution in [1.29, 1.82) is 0 Å². The molecule has 12 aromatic rings.